The van der Waals surface area contributed by atoms with Gasteiger partial charge in [0.15, 0.2) is 4.21 Å². The minimum atomic E-state index is -3.57. The van der Waals surface area contributed by atoms with Crippen LogP contribution in [-0.2, 0) is 16.4 Å². The molecule has 19 heavy (non-hydrogen) atoms. The first-order chi connectivity index (χ1) is 9.03. The first-order valence-electron chi connectivity index (χ1n) is 5.24. The molecular formula is C12H9BrN2O2S2. The average Bonchev–Trinajstić information content (AvgIpc) is 2.79. The highest BCUT2D eigenvalue weighted by molar-refractivity contribution is 9.10. The van der Waals surface area contributed by atoms with Gasteiger partial charge >= 0.3 is 0 Å². The molecule has 0 saturated carbocycles. The summed E-state index contributed by atoms with van der Waals surface area (Å²) in [6, 6.07) is 10.5. The molecule has 0 unspecified atom stereocenters. The molecule has 0 aliphatic rings. The van der Waals surface area contributed by atoms with Crippen LogP contribution >= 0.6 is 27.3 Å². The minimum absolute atomic E-state index is 0.244. The third-order valence-electron chi connectivity index (χ3n) is 2.32. The molecule has 1 heterocycles. The quantitative estimate of drug-likeness (QED) is 0.912. The summed E-state index contributed by atoms with van der Waals surface area (Å²) in [4.78, 5) is 0. The van der Waals surface area contributed by atoms with E-state index in [2.05, 4.69) is 20.7 Å². The number of nitrogens with zero attached hydrogens (tertiary/aromatic N) is 1. The second-order valence-electron chi connectivity index (χ2n) is 3.69. The van der Waals surface area contributed by atoms with Gasteiger partial charge in [-0.3, -0.25) is 4.72 Å². The molecule has 2 aromatic rings. The highest BCUT2D eigenvalue weighted by atomic mass is 79.9. The number of benzene rings is 1. The predicted octanol–water partition coefficient (Wildman–Crippen LogP) is 3.38. The van der Waals surface area contributed by atoms with Crippen molar-refractivity contribution in [3.05, 3.63) is 45.7 Å². The molecule has 1 aromatic heterocycles. The average molecular weight is 357 g/mol. The second kappa shape index (κ2) is 5.74. The molecule has 0 saturated heterocycles. The molecule has 2 rings (SSSR count). The van der Waals surface area contributed by atoms with Crippen LogP contribution in [0.2, 0.25) is 0 Å². The highest BCUT2D eigenvalue weighted by Gasteiger charge is 2.19. The van der Waals surface area contributed by atoms with Crippen molar-refractivity contribution in [2.75, 3.05) is 4.72 Å². The van der Waals surface area contributed by atoms with Gasteiger partial charge < -0.3 is 0 Å². The van der Waals surface area contributed by atoms with Gasteiger partial charge in [0.25, 0.3) is 10.0 Å². The normalized spacial score (nSPS) is 10.9. The van der Waals surface area contributed by atoms with E-state index in [0.29, 0.717) is 16.6 Å². The molecule has 0 radical (unpaired) electrons. The largest absolute Gasteiger partial charge is 0.279 e. The van der Waals surface area contributed by atoms with E-state index < -0.39 is 10.0 Å². The Labute approximate surface area is 123 Å². The van der Waals surface area contributed by atoms with E-state index in [1.54, 1.807) is 35.7 Å². The van der Waals surface area contributed by atoms with Crippen LogP contribution in [0, 0.1) is 11.3 Å². The molecular weight excluding hydrogens is 348 g/mol. The molecule has 0 atom stereocenters. The third-order valence-corrected chi connectivity index (χ3v) is 6.37. The lowest BCUT2D eigenvalue weighted by molar-refractivity contribution is 0.603. The number of sulfonamides is 1. The summed E-state index contributed by atoms with van der Waals surface area (Å²) < 4.78 is 27.5. The van der Waals surface area contributed by atoms with Gasteiger partial charge in [0.05, 0.1) is 12.5 Å². The molecule has 98 valence electrons. The Hall–Kier alpha value is -1.36. The van der Waals surface area contributed by atoms with Crippen molar-refractivity contribution < 1.29 is 8.42 Å². The number of nitrogens with one attached hydrogen (secondary N) is 1. The van der Waals surface area contributed by atoms with Crippen molar-refractivity contribution in [3.63, 3.8) is 0 Å². The van der Waals surface area contributed by atoms with E-state index in [-0.39, 0.29) is 4.21 Å². The highest BCUT2D eigenvalue weighted by Crippen LogP contribution is 2.29. The Bertz CT molecular complexity index is 715. The molecule has 0 aliphatic heterocycles. The van der Waals surface area contributed by atoms with E-state index in [0.717, 1.165) is 16.9 Å². The van der Waals surface area contributed by atoms with Crippen LogP contribution in [0.15, 0.2) is 44.4 Å². The van der Waals surface area contributed by atoms with E-state index in [4.69, 9.17) is 5.26 Å². The monoisotopic (exact) mass is 356 g/mol. The van der Waals surface area contributed by atoms with Crippen LogP contribution in [0.3, 0.4) is 0 Å². The molecule has 0 spiro atoms. The lowest BCUT2D eigenvalue weighted by Crippen LogP contribution is -2.11. The van der Waals surface area contributed by atoms with Crippen LogP contribution in [0.1, 0.15) is 5.56 Å². The number of rotatable bonds is 4. The van der Waals surface area contributed by atoms with Crippen LogP contribution < -0.4 is 4.72 Å². The maximum Gasteiger partial charge on any atom is 0.272 e. The van der Waals surface area contributed by atoms with Gasteiger partial charge in [-0.2, -0.15) is 5.26 Å². The zero-order valence-corrected chi connectivity index (χ0v) is 12.8. The molecule has 1 aromatic carbocycles. The smallest absolute Gasteiger partial charge is 0.272 e. The van der Waals surface area contributed by atoms with Crippen LogP contribution in [-0.4, -0.2) is 8.42 Å². The standard InChI is InChI=1S/C12H9BrN2O2S2/c13-11-6-8-18-12(11)19(16,17)15-10-3-1-9(2-4-10)5-7-14/h1-4,6,8,15H,5H2. The fourth-order valence-corrected chi connectivity index (χ4v) is 4.85. The Morgan fingerprint density at radius 2 is 1.95 bits per heavy atom. The predicted molar refractivity (Wildman–Crippen MR) is 78.6 cm³/mol. The second-order valence-corrected chi connectivity index (χ2v) is 7.34. The molecule has 0 aliphatic carbocycles. The van der Waals surface area contributed by atoms with E-state index >= 15 is 0 Å². The van der Waals surface area contributed by atoms with Gasteiger partial charge in [0, 0.05) is 10.2 Å². The molecule has 0 bridgehead atoms. The Morgan fingerprint density at radius 1 is 1.26 bits per heavy atom. The van der Waals surface area contributed by atoms with Crippen molar-refractivity contribution in [2.45, 2.75) is 10.6 Å². The summed E-state index contributed by atoms with van der Waals surface area (Å²) >= 11 is 4.35. The fraction of sp³-hybridized carbons (Fsp3) is 0.0833. The van der Waals surface area contributed by atoms with Gasteiger partial charge in [0.2, 0.25) is 0 Å². The van der Waals surface area contributed by atoms with Crippen LogP contribution in [0.5, 0.6) is 0 Å². The number of thiophene rings is 1. The van der Waals surface area contributed by atoms with Gasteiger partial charge in [0.1, 0.15) is 0 Å². The number of nitriles is 1. The number of hydrogen-bond donors (Lipinski definition) is 1. The maximum absolute atomic E-state index is 12.1. The van der Waals surface area contributed by atoms with Crippen LogP contribution in [0.25, 0.3) is 0 Å². The zero-order valence-electron chi connectivity index (χ0n) is 9.63. The fourth-order valence-electron chi connectivity index (χ4n) is 1.46. The summed E-state index contributed by atoms with van der Waals surface area (Å²) in [5.74, 6) is 0. The van der Waals surface area contributed by atoms with Crippen molar-refractivity contribution in [3.8, 4) is 6.07 Å². The van der Waals surface area contributed by atoms with Gasteiger partial charge in [-0.25, -0.2) is 8.42 Å². The summed E-state index contributed by atoms with van der Waals surface area (Å²) in [5.41, 5.74) is 1.32. The number of halogens is 1. The first kappa shape index (κ1) is 14.1. The third kappa shape index (κ3) is 3.35. The molecule has 7 heteroatoms. The summed E-state index contributed by atoms with van der Waals surface area (Å²) in [6.45, 7) is 0. The maximum atomic E-state index is 12.1. The lowest BCUT2D eigenvalue weighted by Gasteiger charge is -2.07. The SMILES string of the molecule is N#CCc1ccc(NS(=O)(=O)c2sccc2Br)cc1. The van der Waals surface area contributed by atoms with E-state index in [9.17, 15) is 8.42 Å². The van der Waals surface area contributed by atoms with E-state index in [1.165, 1.54) is 0 Å². The minimum Gasteiger partial charge on any atom is -0.279 e. The Morgan fingerprint density at radius 3 is 2.47 bits per heavy atom. The Balaban J connectivity index is 2.22. The van der Waals surface area contributed by atoms with Crippen molar-refractivity contribution in [2.24, 2.45) is 0 Å². The van der Waals surface area contributed by atoms with Gasteiger partial charge in [-0.05, 0) is 45.1 Å². The molecule has 1 N–H and O–H groups in total. The van der Waals surface area contributed by atoms with E-state index in [1.807, 2.05) is 6.07 Å². The van der Waals surface area contributed by atoms with Gasteiger partial charge in [-0.15, -0.1) is 11.3 Å². The Kier molecular flexibility index (Phi) is 4.24. The first-order valence-corrected chi connectivity index (χ1v) is 8.40. The number of anilines is 1. The summed E-state index contributed by atoms with van der Waals surface area (Å²) in [5, 5.41) is 10.3. The topological polar surface area (TPSA) is 70.0 Å². The van der Waals surface area contributed by atoms with Crippen molar-refractivity contribution in [1.29, 1.82) is 5.26 Å². The zero-order chi connectivity index (χ0) is 13.9. The van der Waals surface area contributed by atoms with Crippen LogP contribution in [0.4, 0.5) is 5.69 Å². The summed E-state index contributed by atoms with van der Waals surface area (Å²) in [7, 11) is -3.57. The lowest BCUT2D eigenvalue weighted by atomic mass is 10.1. The number of hydrogen-bond acceptors (Lipinski definition) is 4. The molecule has 0 fully saturated rings. The summed E-state index contributed by atoms with van der Waals surface area (Å²) in [6.07, 6.45) is 0.309. The van der Waals surface area contributed by atoms with Crippen molar-refractivity contribution >= 4 is 43.0 Å². The molecule has 4 nitrogen and oxygen atoms in total. The van der Waals surface area contributed by atoms with Gasteiger partial charge in [-0.1, -0.05) is 12.1 Å². The molecule has 0 amide bonds. The van der Waals surface area contributed by atoms with Crippen molar-refractivity contribution in [1.82, 2.24) is 0 Å².